The van der Waals surface area contributed by atoms with E-state index in [2.05, 4.69) is 0 Å². The number of rotatable bonds is 4. The highest BCUT2D eigenvalue weighted by atomic mass is 32.1. The van der Waals surface area contributed by atoms with Crippen LogP contribution in [0.5, 0.6) is 0 Å². The monoisotopic (exact) mass is 292 g/mol. The summed E-state index contributed by atoms with van der Waals surface area (Å²) < 4.78 is 26.0. The number of halogens is 2. The molecule has 2 aromatic rings. The summed E-state index contributed by atoms with van der Waals surface area (Å²) in [5.41, 5.74) is 7.97. The third-order valence-corrected chi connectivity index (χ3v) is 3.23. The maximum Gasteiger partial charge on any atom is 0.159 e. The molecular weight excluding hydrogens is 278 g/mol. The lowest BCUT2D eigenvalue weighted by atomic mass is 10.1. The molecule has 0 unspecified atom stereocenters. The number of nitrogens with zero attached hydrogens (tertiary/aromatic N) is 1. The Kier molecular flexibility index (Phi) is 4.29. The second-order valence-electron chi connectivity index (χ2n) is 4.52. The van der Waals surface area contributed by atoms with Crippen molar-refractivity contribution in [3.8, 4) is 0 Å². The van der Waals surface area contributed by atoms with E-state index in [1.807, 2.05) is 36.2 Å². The molecule has 0 spiro atoms. The number of hydrogen-bond donors (Lipinski definition) is 1. The molecule has 0 fully saturated rings. The molecular formula is C15H14F2N2S. The van der Waals surface area contributed by atoms with Gasteiger partial charge in [0.1, 0.15) is 4.99 Å². The van der Waals surface area contributed by atoms with Crippen LogP contribution in [0.2, 0.25) is 0 Å². The topological polar surface area (TPSA) is 29.3 Å². The maximum absolute atomic E-state index is 13.2. The summed E-state index contributed by atoms with van der Waals surface area (Å²) >= 11 is 4.89. The highest BCUT2D eigenvalue weighted by molar-refractivity contribution is 7.80. The molecule has 2 rings (SSSR count). The number of hydrogen-bond acceptors (Lipinski definition) is 2. The minimum Gasteiger partial charge on any atom is -0.389 e. The molecule has 0 saturated heterocycles. The van der Waals surface area contributed by atoms with Crippen molar-refractivity contribution in [1.29, 1.82) is 0 Å². The van der Waals surface area contributed by atoms with Crippen LogP contribution in [0, 0.1) is 11.6 Å². The first-order valence-corrected chi connectivity index (χ1v) is 6.43. The summed E-state index contributed by atoms with van der Waals surface area (Å²) in [4.78, 5) is 2.27. The predicted molar refractivity (Wildman–Crippen MR) is 80.8 cm³/mol. The van der Waals surface area contributed by atoms with Crippen molar-refractivity contribution in [2.24, 2.45) is 5.73 Å². The fourth-order valence-corrected chi connectivity index (χ4v) is 2.02. The molecule has 0 amide bonds. The predicted octanol–water partition coefficient (Wildman–Crippen LogP) is 3.24. The van der Waals surface area contributed by atoms with Gasteiger partial charge in [-0.25, -0.2) is 8.78 Å². The van der Waals surface area contributed by atoms with E-state index in [0.717, 1.165) is 17.3 Å². The number of nitrogens with two attached hydrogens (primary N) is 1. The van der Waals surface area contributed by atoms with Crippen molar-refractivity contribution in [3.05, 3.63) is 65.2 Å². The van der Waals surface area contributed by atoms with Gasteiger partial charge in [-0.3, -0.25) is 0 Å². The third kappa shape index (κ3) is 3.30. The fourth-order valence-electron chi connectivity index (χ4n) is 1.88. The molecule has 0 aliphatic heterocycles. The Morgan fingerprint density at radius 3 is 2.30 bits per heavy atom. The maximum atomic E-state index is 13.2. The molecule has 0 bridgehead atoms. The first-order chi connectivity index (χ1) is 9.47. The summed E-state index contributed by atoms with van der Waals surface area (Å²) in [6.45, 7) is 0.476. The molecule has 0 atom stereocenters. The van der Waals surface area contributed by atoms with Crippen molar-refractivity contribution in [3.63, 3.8) is 0 Å². The quantitative estimate of drug-likeness (QED) is 0.877. The Labute approximate surface area is 121 Å². The summed E-state index contributed by atoms with van der Waals surface area (Å²) in [6, 6.07) is 11.3. The van der Waals surface area contributed by atoms with Gasteiger partial charge in [0.05, 0.1) is 0 Å². The van der Waals surface area contributed by atoms with Crippen LogP contribution in [0.4, 0.5) is 14.5 Å². The molecule has 0 aliphatic carbocycles. The second kappa shape index (κ2) is 5.96. The Hall–Kier alpha value is -2.01. The molecule has 2 N–H and O–H groups in total. The first kappa shape index (κ1) is 14.4. The van der Waals surface area contributed by atoms with Crippen LogP contribution < -0.4 is 10.6 Å². The van der Waals surface area contributed by atoms with Crippen molar-refractivity contribution in [2.45, 2.75) is 6.54 Å². The van der Waals surface area contributed by atoms with E-state index in [4.69, 9.17) is 18.0 Å². The fraction of sp³-hybridized carbons (Fsp3) is 0.133. The number of benzene rings is 2. The van der Waals surface area contributed by atoms with E-state index in [1.54, 1.807) is 6.07 Å². The summed E-state index contributed by atoms with van der Waals surface area (Å²) in [6.07, 6.45) is 0. The van der Waals surface area contributed by atoms with Crippen LogP contribution in [0.3, 0.4) is 0 Å². The summed E-state index contributed by atoms with van der Waals surface area (Å²) in [5, 5.41) is 0. The van der Waals surface area contributed by atoms with Crippen LogP contribution in [-0.4, -0.2) is 12.0 Å². The standard InChI is InChI=1S/C15H14F2N2S/c1-19(9-10-2-7-13(16)14(17)8-10)12-5-3-11(4-6-12)15(18)20/h2-8H,9H2,1H3,(H2,18,20). The second-order valence-corrected chi connectivity index (χ2v) is 4.96. The van der Waals surface area contributed by atoms with Crippen LogP contribution in [-0.2, 0) is 6.54 Å². The van der Waals surface area contributed by atoms with E-state index in [9.17, 15) is 8.78 Å². The van der Waals surface area contributed by atoms with E-state index in [1.165, 1.54) is 6.07 Å². The van der Waals surface area contributed by atoms with Crippen molar-refractivity contribution >= 4 is 22.9 Å². The van der Waals surface area contributed by atoms with Gasteiger partial charge in [-0.15, -0.1) is 0 Å². The van der Waals surface area contributed by atoms with Crippen molar-refractivity contribution in [1.82, 2.24) is 0 Å². The lowest BCUT2D eigenvalue weighted by Gasteiger charge is -2.19. The average Bonchev–Trinajstić information content (AvgIpc) is 2.43. The third-order valence-electron chi connectivity index (χ3n) is 3.00. The van der Waals surface area contributed by atoms with E-state index >= 15 is 0 Å². The minimum absolute atomic E-state index is 0.347. The first-order valence-electron chi connectivity index (χ1n) is 6.02. The van der Waals surface area contributed by atoms with E-state index in [-0.39, 0.29) is 0 Å². The molecule has 2 nitrogen and oxygen atoms in total. The van der Waals surface area contributed by atoms with Crippen molar-refractivity contribution in [2.75, 3.05) is 11.9 Å². The molecule has 5 heteroatoms. The normalized spacial score (nSPS) is 10.3. The average molecular weight is 292 g/mol. The Bertz CT molecular complexity index is 626. The molecule has 0 heterocycles. The molecule has 0 aliphatic rings. The van der Waals surface area contributed by atoms with Crippen molar-refractivity contribution < 1.29 is 8.78 Å². The minimum atomic E-state index is -0.836. The lowest BCUT2D eigenvalue weighted by Crippen LogP contribution is -2.17. The SMILES string of the molecule is CN(Cc1ccc(F)c(F)c1)c1ccc(C(N)=S)cc1. The van der Waals surface area contributed by atoms with Gasteiger partial charge in [-0.1, -0.05) is 18.3 Å². The van der Waals surface area contributed by atoms with Gasteiger partial charge >= 0.3 is 0 Å². The van der Waals surface area contributed by atoms with Crippen LogP contribution in [0.25, 0.3) is 0 Å². The van der Waals surface area contributed by atoms with Gasteiger partial charge in [0.2, 0.25) is 0 Å². The zero-order valence-electron chi connectivity index (χ0n) is 10.9. The van der Waals surface area contributed by atoms with Gasteiger partial charge in [0, 0.05) is 24.8 Å². The molecule has 0 radical (unpaired) electrons. The highest BCUT2D eigenvalue weighted by Crippen LogP contribution is 2.17. The number of thiocarbonyl (C=S) groups is 1. The molecule has 0 saturated carbocycles. The van der Waals surface area contributed by atoms with Gasteiger partial charge in [0.15, 0.2) is 11.6 Å². The molecule has 2 aromatic carbocycles. The largest absolute Gasteiger partial charge is 0.389 e. The van der Waals surface area contributed by atoms with E-state index < -0.39 is 11.6 Å². The molecule has 104 valence electrons. The number of anilines is 1. The van der Waals surface area contributed by atoms with Gasteiger partial charge in [-0.2, -0.15) is 0 Å². The Balaban J connectivity index is 2.12. The van der Waals surface area contributed by atoms with Gasteiger partial charge in [-0.05, 0) is 42.0 Å². The zero-order chi connectivity index (χ0) is 14.7. The Morgan fingerprint density at radius 2 is 1.75 bits per heavy atom. The van der Waals surface area contributed by atoms with Gasteiger partial charge in [0.25, 0.3) is 0 Å². The summed E-state index contributed by atoms with van der Waals surface area (Å²) in [5.74, 6) is -1.67. The Morgan fingerprint density at radius 1 is 1.10 bits per heavy atom. The van der Waals surface area contributed by atoms with Crippen LogP contribution >= 0.6 is 12.2 Å². The molecule has 20 heavy (non-hydrogen) atoms. The van der Waals surface area contributed by atoms with Gasteiger partial charge < -0.3 is 10.6 Å². The van der Waals surface area contributed by atoms with Crippen LogP contribution in [0.15, 0.2) is 42.5 Å². The summed E-state index contributed by atoms with van der Waals surface area (Å²) in [7, 11) is 1.87. The highest BCUT2D eigenvalue weighted by Gasteiger charge is 2.06. The smallest absolute Gasteiger partial charge is 0.159 e. The van der Waals surface area contributed by atoms with E-state index in [0.29, 0.717) is 17.1 Å². The zero-order valence-corrected chi connectivity index (χ0v) is 11.8. The van der Waals surface area contributed by atoms with Crippen LogP contribution in [0.1, 0.15) is 11.1 Å². The molecule has 0 aromatic heterocycles. The lowest BCUT2D eigenvalue weighted by molar-refractivity contribution is 0.507.